The van der Waals surface area contributed by atoms with Gasteiger partial charge in [0.25, 0.3) is 5.69 Å². The number of hydrogen-bond donors (Lipinski definition) is 3. The molecule has 1 aromatic rings. The van der Waals surface area contributed by atoms with Gasteiger partial charge in [-0.2, -0.15) is 0 Å². The van der Waals surface area contributed by atoms with Gasteiger partial charge in [0, 0.05) is 12.1 Å². The minimum absolute atomic E-state index is 0.0375. The maximum atomic E-state index is 11.2. The predicted octanol–water partition coefficient (Wildman–Crippen LogP) is -0.934. The van der Waals surface area contributed by atoms with Crippen molar-refractivity contribution in [2.45, 2.75) is 12.5 Å². The second kappa shape index (κ2) is 6.45. The highest BCUT2D eigenvalue weighted by Gasteiger charge is 2.16. The first-order valence-electron chi connectivity index (χ1n) is 5.44. The van der Waals surface area contributed by atoms with Crippen LogP contribution in [0.15, 0.2) is 24.3 Å². The van der Waals surface area contributed by atoms with E-state index in [2.05, 4.69) is 5.32 Å². The van der Waals surface area contributed by atoms with Gasteiger partial charge in [-0.1, -0.05) is 12.1 Å². The Hall–Kier alpha value is -2.48. The summed E-state index contributed by atoms with van der Waals surface area (Å²) in [5.74, 6) is -1.23. The van der Waals surface area contributed by atoms with E-state index in [-0.39, 0.29) is 18.7 Å². The number of rotatable bonds is 7. The van der Waals surface area contributed by atoms with E-state index in [0.29, 0.717) is 5.56 Å². The Labute approximate surface area is 108 Å². The van der Waals surface area contributed by atoms with Crippen molar-refractivity contribution in [1.29, 1.82) is 0 Å². The van der Waals surface area contributed by atoms with Crippen LogP contribution in [-0.4, -0.2) is 29.3 Å². The number of nitrogens with one attached hydrogen (secondary N) is 1. The largest absolute Gasteiger partial charge is 0.369 e. The monoisotopic (exact) mass is 266 g/mol. The summed E-state index contributed by atoms with van der Waals surface area (Å²) < 4.78 is 0. The van der Waals surface area contributed by atoms with Crippen LogP contribution >= 0.6 is 0 Å². The molecule has 0 aromatic heterocycles. The molecule has 8 nitrogen and oxygen atoms in total. The quantitative estimate of drug-likeness (QED) is 0.431. The molecule has 8 heteroatoms. The summed E-state index contributed by atoms with van der Waals surface area (Å²) in [4.78, 5) is 31.8. The second-order valence-corrected chi connectivity index (χ2v) is 3.93. The molecule has 1 rings (SSSR count). The normalized spacial score (nSPS) is 11.8. The zero-order valence-corrected chi connectivity index (χ0v) is 10.0. The number of carbonyl (C=O) groups is 2. The third-order valence-electron chi connectivity index (χ3n) is 2.45. The number of primary amides is 2. The summed E-state index contributed by atoms with van der Waals surface area (Å²) in [6.07, 6.45) is 0.223. The molecule has 1 unspecified atom stereocenters. The molecule has 0 saturated carbocycles. The Kier molecular flexibility index (Phi) is 4.95. The maximum Gasteiger partial charge on any atom is 0.269 e. The lowest BCUT2D eigenvalue weighted by molar-refractivity contribution is -0.384. The van der Waals surface area contributed by atoms with Gasteiger partial charge in [0.05, 0.1) is 17.5 Å². The third-order valence-corrected chi connectivity index (χ3v) is 2.45. The highest BCUT2D eigenvalue weighted by atomic mass is 16.6. The van der Waals surface area contributed by atoms with Gasteiger partial charge in [-0.25, -0.2) is 0 Å². The number of nitrogens with zero attached hydrogens (tertiary/aromatic N) is 1. The Morgan fingerprint density at radius 2 is 1.84 bits per heavy atom. The molecule has 0 fully saturated rings. The molecule has 0 radical (unpaired) electrons. The summed E-state index contributed by atoms with van der Waals surface area (Å²) >= 11 is 0. The number of amides is 2. The number of carbonyl (C=O) groups excluding carboxylic acids is 2. The van der Waals surface area contributed by atoms with Crippen LogP contribution in [0.5, 0.6) is 0 Å². The van der Waals surface area contributed by atoms with Crippen molar-refractivity contribution in [1.82, 2.24) is 5.32 Å². The van der Waals surface area contributed by atoms with Crippen molar-refractivity contribution in [2.75, 3.05) is 6.54 Å². The molecule has 1 atom stereocenters. The molecule has 0 heterocycles. The smallest absolute Gasteiger partial charge is 0.269 e. The average molecular weight is 266 g/mol. The average Bonchev–Trinajstić information content (AvgIpc) is 2.34. The molecule has 102 valence electrons. The maximum absolute atomic E-state index is 11.2. The number of non-ortho nitro benzene ring substituents is 1. The van der Waals surface area contributed by atoms with Crippen LogP contribution in [-0.2, 0) is 16.0 Å². The van der Waals surface area contributed by atoms with Crippen LogP contribution in [0.25, 0.3) is 0 Å². The molecule has 2 amide bonds. The Balaban J connectivity index is 2.70. The molecule has 0 spiro atoms. The zero-order valence-electron chi connectivity index (χ0n) is 10.0. The van der Waals surface area contributed by atoms with Crippen molar-refractivity contribution in [3.8, 4) is 0 Å². The minimum atomic E-state index is -0.756. The topological polar surface area (TPSA) is 141 Å². The Bertz CT molecular complexity index is 486. The van der Waals surface area contributed by atoms with Crippen molar-refractivity contribution < 1.29 is 14.5 Å². The fraction of sp³-hybridized carbons (Fsp3) is 0.273. The molecule has 0 bridgehead atoms. The Morgan fingerprint density at radius 1 is 1.26 bits per heavy atom. The summed E-state index contributed by atoms with van der Waals surface area (Å²) in [7, 11) is 0. The highest BCUT2D eigenvalue weighted by Crippen LogP contribution is 2.13. The van der Waals surface area contributed by atoms with Gasteiger partial charge in [-0.05, 0) is 12.0 Å². The zero-order chi connectivity index (χ0) is 14.4. The van der Waals surface area contributed by atoms with Gasteiger partial charge in [0.15, 0.2) is 0 Å². The van der Waals surface area contributed by atoms with Crippen LogP contribution in [0.3, 0.4) is 0 Å². The second-order valence-electron chi connectivity index (χ2n) is 3.93. The summed E-state index contributed by atoms with van der Waals surface area (Å²) in [6, 6.07) is 4.97. The van der Waals surface area contributed by atoms with E-state index in [9.17, 15) is 19.7 Å². The number of nitro benzene ring substituents is 1. The van der Waals surface area contributed by atoms with E-state index in [0.717, 1.165) is 0 Å². The fourth-order valence-electron chi connectivity index (χ4n) is 1.49. The molecule has 5 N–H and O–H groups in total. The van der Waals surface area contributed by atoms with E-state index >= 15 is 0 Å². The lowest BCUT2D eigenvalue weighted by Gasteiger charge is -2.14. The van der Waals surface area contributed by atoms with Gasteiger partial charge in [0.2, 0.25) is 11.8 Å². The van der Waals surface area contributed by atoms with Crippen molar-refractivity contribution in [3.63, 3.8) is 0 Å². The number of hydrogen-bond acceptors (Lipinski definition) is 5. The number of benzene rings is 1. The first-order chi connectivity index (χ1) is 8.90. The van der Waals surface area contributed by atoms with Crippen molar-refractivity contribution >= 4 is 17.5 Å². The van der Waals surface area contributed by atoms with Crippen LogP contribution in [0.2, 0.25) is 0 Å². The van der Waals surface area contributed by atoms with E-state index in [1.165, 1.54) is 24.3 Å². The van der Waals surface area contributed by atoms with Gasteiger partial charge in [0.1, 0.15) is 0 Å². The summed E-state index contributed by atoms with van der Waals surface area (Å²) in [5, 5.41) is 13.1. The van der Waals surface area contributed by atoms with E-state index in [1.54, 1.807) is 0 Å². The molecule has 19 heavy (non-hydrogen) atoms. The molecule has 0 saturated heterocycles. The van der Waals surface area contributed by atoms with E-state index in [1.807, 2.05) is 0 Å². The van der Waals surface area contributed by atoms with Gasteiger partial charge < -0.3 is 11.5 Å². The van der Waals surface area contributed by atoms with Crippen molar-refractivity contribution in [2.24, 2.45) is 11.5 Å². The molecule has 0 aliphatic heterocycles. The fourth-order valence-corrected chi connectivity index (χ4v) is 1.49. The lowest BCUT2D eigenvalue weighted by atomic mass is 10.1. The summed E-state index contributed by atoms with van der Waals surface area (Å²) in [6.45, 7) is -0.166. The molecular formula is C11H14N4O4. The van der Waals surface area contributed by atoms with Gasteiger partial charge in [-0.15, -0.1) is 0 Å². The molecular weight excluding hydrogens is 252 g/mol. The molecule has 1 aromatic carbocycles. The van der Waals surface area contributed by atoms with Gasteiger partial charge in [-0.3, -0.25) is 25.0 Å². The minimum Gasteiger partial charge on any atom is -0.369 e. The lowest BCUT2D eigenvalue weighted by Crippen LogP contribution is -2.46. The predicted molar refractivity (Wildman–Crippen MR) is 67.0 cm³/mol. The number of nitrogens with two attached hydrogens (primary N) is 2. The van der Waals surface area contributed by atoms with Gasteiger partial charge >= 0.3 is 0 Å². The standard InChI is InChI=1S/C11H14N4O4/c12-10(16)6-14-9(11(13)17)5-7-1-3-8(4-2-7)15(18)19/h1-4,9,14H,5-6H2,(H2,12,16)(H2,13,17). The first-order valence-corrected chi connectivity index (χ1v) is 5.44. The molecule has 0 aliphatic carbocycles. The number of nitro groups is 1. The summed E-state index contributed by atoms with van der Waals surface area (Å²) in [5.41, 5.74) is 10.8. The SMILES string of the molecule is NC(=O)CNC(Cc1ccc([N+](=O)[O-])cc1)C(N)=O. The van der Waals surface area contributed by atoms with Crippen LogP contribution in [0.1, 0.15) is 5.56 Å². The van der Waals surface area contributed by atoms with Crippen molar-refractivity contribution in [3.05, 3.63) is 39.9 Å². The van der Waals surface area contributed by atoms with E-state index in [4.69, 9.17) is 11.5 Å². The van der Waals surface area contributed by atoms with E-state index < -0.39 is 22.8 Å². The van der Waals surface area contributed by atoms with Crippen LogP contribution in [0, 0.1) is 10.1 Å². The highest BCUT2D eigenvalue weighted by molar-refractivity contribution is 5.82. The molecule has 0 aliphatic rings. The Morgan fingerprint density at radius 3 is 2.26 bits per heavy atom. The first kappa shape index (κ1) is 14.6. The van der Waals surface area contributed by atoms with Crippen LogP contribution < -0.4 is 16.8 Å². The van der Waals surface area contributed by atoms with Crippen LogP contribution in [0.4, 0.5) is 5.69 Å². The third kappa shape index (κ3) is 4.72.